The third kappa shape index (κ3) is 4.36. The Morgan fingerprint density at radius 2 is 2.00 bits per heavy atom. The standard InChI is InChI=1S/C15H18FNO3S2/c16-14-3-1-2-4-15(14)22(19,20)17-8-5-12(6-9-18)13-7-10-21-11-13/h1-4,7,10-12,17-18H,5-6,8-9H2/t12-/m1/s1. The Kier molecular flexibility index (Phi) is 6.07. The van der Waals surface area contributed by atoms with Crippen molar-refractivity contribution in [1.29, 1.82) is 0 Å². The fourth-order valence-electron chi connectivity index (χ4n) is 2.25. The first kappa shape index (κ1) is 17.1. The summed E-state index contributed by atoms with van der Waals surface area (Å²) in [6, 6.07) is 7.26. The quantitative estimate of drug-likeness (QED) is 0.774. The summed E-state index contributed by atoms with van der Waals surface area (Å²) in [5.74, 6) is -0.681. The van der Waals surface area contributed by atoms with E-state index in [1.54, 1.807) is 11.3 Å². The van der Waals surface area contributed by atoms with Crippen LogP contribution in [0.25, 0.3) is 0 Å². The number of halogens is 1. The monoisotopic (exact) mass is 343 g/mol. The highest BCUT2D eigenvalue weighted by atomic mass is 32.2. The Hall–Kier alpha value is -1.28. The van der Waals surface area contributed by atoms with Gasteiger partial charge in [-0.25, -0.2) is 17.5 Å². The van der Waals surface area contributed by atoms with Gasteiger partial charge < -0.3 is 5.11 Å². The van der Waals surface area contributed by atoms with Gasteiger partial charge in [-0.3, -0.25) is 0 Å². The van der Waals surface area contributed by atoms with Gasteiger partial charge in [0.05, 0.1) is 0 Å². The number of thiophene rings is 1. The largest absolute Gasteiger partial charge is 0.396 e. The van der Waals surface area contributed by atoms with Gasteiger partial charge in [0, 0.05) is 13.2 Å². The molecule has 0 aliphatic carbocycles. The molecule has 0 aliphatic rings. The molecule has 0 saturated carbocycles. The number of hydrogen-bond acceptors (Lipinski definition) is 4. The Labute approximate surface area is 133 Å². The molecular formula is C15H18FNO3S2. The normalized spacial score (nSPS) is 13.2. The van der Waals surface area contributed by atoms with Crippen LogP contribution in [0.3, 0.4) is 0 Å². The Bertz CT molecular complexity index is 687. The third-order valence-electron chi connectivity index (χ3n) is 3.40. The summed E-state index contributed by atoms with van der Waals surface area (Å²) in [7, 11) is -3.86. The molecule has 2 rings (SSSR count). The van der Waals surface area contributed by atoms with Crippen LogP contribution in [0.1, 0.15) is 24.3 Å². The number of nitrogens with one attached hydrogen (secondary N) is 1. The molecular weight excluding hydrogens is 325 g/mol. The molecule has 1 heterocycles. The predicted octanol–water partition coefficient (Wildman–Crippen LogP) is 2.72. The molecule has 0 radical (unpaired) electrons. The summed E-state index contributed by atoms with van der Waals surface area (Å²) in [6.45, 7) is 0.234. The molecule has 0 saturated heterocycles. The fraction of sp³-hybridized carbons (Fsp3) is 0.333. The van der Waals surface area contributed by atoms with E-state index in [0.29, 0.717) is 12.8 Å². The highest BCUT2D eigenvalue weighted by Gasteiger charge is 2.19. The summed E-state index contributed by atoms with van der Waals surface area (Å²) in [6.07, 6.45) is 1.11. The number of rotatable bonds is 8. The van der Waals surface area contributed by atoms with Crippen LogP contribution < -0.4 is 4.72 Å². The van der Waals surface area contributed by atoms with Gasteiger partial charge in [-0.15, -0.1) is 0 Å². The smallest absolute Gasteiger partial charge is 0.243 e. The van der Waals surface area contributed by atoms with E-state index < -0.39 is 15.8 Å². The number of hydrogen-bond donors (Lipinski definition) is 2. The summed E-state index contributed by atoms with van der Waals surface area (Å²) in [5, 5.41) is 13.1. The lowest BCUT2D eigenvalue weighted by molar-refractivity contribution is 0.273. The zero-order valence-corrected chi connectivity index (χ0v) is 13.5. The van der Waals surface area contributed by atoms with Crippen molar-refractivity contribution in [1.82, 2.24) is 4.72 Å². The molecule has 22 heavy (non-hydrogen) atoms. The van der Waals surface area contributed by atoms with Gasteiger partial charge in [-0.2, -0.15) is 11.3 Å². The minimum absolute atomic E-state index is 0.0422. The maximum Gasteiger partial charge on any atom is 0.243 e. The maximum atomic E-state index is 13.6. The average Bonchev–Trinajstić information content (AvgIpc) is 3.00. The van der Waals surface area contributed by atoms with Crippen LogP contribution in [0, 0.1) is 5.82 Å². The molecule has 0 bridgehead atoms. The van der Waals surface area contributed by atoms with E-state index in [2.05, 4.69) is 4.72 Å². The molecule has 2 aromatic rings. The van der Waals surface area contributed by atoms with Crippen molar-refractivity contribution < 1.29 is 17.9 Å². The zero-order chi connectivity index (χ0) is 16.0. The second kappa shape index (κ2) is 7.82. The highest BCUT2D eigenvalue weighted by Crippen LogP contribution is 2.25. The van der Waals surface area contributed by atoms with Crippen molar-refractivity contribution in [2.75, 3.05) is 13.2 Å². The number of aliphatic hydroxyl groups excluding tert-OH is 1. The van der Waals surface area contributed by atoms with Gasteiger partial charge in [0.15, 0.2) is 0 Å². The van der Waals surface area contributed by atoms with Crippen molar-refractivity contribution in [3.05, 3.63) is 52.5 Å². The van der Waals surface area contributed by atoms with Crippen LogP contribution in [-0.2, 0) is 10.0 Å². The van der Waals surface area contributed by atoms with Crippen molar-refractivity contribution >= 4 is 21.4 Å². The lowest BCUT2D eigenvalue weighted by Crippen LogP contribution is -2.26. The lowest BCUT2D eigenvalue weighted by atomic mass is 9.95. The molecule has 120 valence electrons. The molecule has 2 N–H and O–H groups in total. The molecule has 0 aliphatic heterocycles. The number of sulfonamides is 1. The van der Waals surface area contributed by atoms with E-state index in [9.17, 15) is 12.8 Å². The molecule has 0 amide bonds. The van der Waals surface area contributed by atoms with Gasteiger partial charge in [0.1, 0.15) is 10.7 Å². The molecule has 4 nitrogen and oxygen atoms in total. The van der Waals surface area contributed by atoms with Crippen LogP contribution in [0.4, 0.5) is 4.39 Å². The molecule has 1 aromatic carbocycles. The van der Waals surface area contributed by atoms with Crippen LogP contribution in [0.5, 0.6) is 0 Å². The van der Waals surface area contributed by atoms with Crippen molar-refractivity contribution in [2.45, 2.75) is 23.7 Å². The Morgan fingerprint density at radius 3 is 2.64 bits per heavy atom. The summed E-state index contributed by atoms with van der Waals surface area (Å²) in [4.78, 5) is -0.343. The summed E-state index contributed by atoms with van der Waals surface area (Å²) < 4.78 is 40.1. The van der Waals surface area contributed by atoms with E-state index in [-0.39, 0.29) is 24.0 Å². The second-order valence-electron chi connectivity index (χ2n) is 4.88. The van der Waals surface area contributed by atoms with E-state index >= 15 is 0 Å². The first-order chi connectivity index (χ1) is 10.5. The minimum atomic E-state index is -3.86. The van der Waals surface area contributed by atoms with Gasteiger partial charge in [0.25, 0.3) is 0 Å². The zero-order valence-electron chi connectivity index (χ0n) is 11.9. The second-order valence-corrected chi connectivity index (χ2v) is 7.40. The van der Waals surface area contributed by atoms with Crippen molar-refractivity contribution in [2.24, 2.45) is 0 Å². The van der Waals surface area contributed by atoms with E-state index in [0.717, 1.165) is 11.6 Å². The molecule has 1 atom stereocenters. The van der Waals surface area contributed by atoms with E-state index in [4.69, 9.17) is 5.11 Å². The Balaban J connectivity index is 1.98. The van der Waals surface area contributed by atoms with E-state index in [1.807, 2.05) is 16.8 Å². The first-order valence-corrected chi connectivity index (χ1v) is 9.34. The van der Waals surface area contributed by atoms with Gasteiger partial charge in [0.2, 0.25) is 10.0 Å². The molecule has 0 unspecified atom stereocenters. The third-order valence-corrected chi connectivity index (χ3v) is 5.60. The van der Waals surface area contributed by atoms with Gasteiger partial charge in [-0.05, 0) is 53.3 Å². The van der Waals surface area contributed by atoms with Crippen LogP contribution in [-0.4, -0.2) is 26.7 Å². The predicted molar refractivity (Wildman–Crippen MR) is 85.0 cm³/mol. The highest BCUT2D eigenvalue weighted by molar-refractivity contribution is 7.89. The van der Waals surface area contributed by atoms with Crippen LogP contribution >= 0.6 is 11.3 Å². The molecule has 1 aromatic heterocycles. The minimum Gasteiger partial charge on any atom is -0.396 e. The van der Waals surface area contributed by atoms with Crippen LogP contribution in [0.15, 0.2) is 46.0 Å². The maximum absolute atomic E-state index is 13.6. The molecule has 0 fully saturated rings. The molecule has 7 heteroatoms. The summed E-state index contributed by atoms with van der Waals surface area (Å²) in [5.41, 5.74) is 1.09. The van der Waals surface area contributed by atoms with E-state index in [1.165, 1.54) is 18.2 Å². The summed E-state index contributed by atoms with van der Waals surface area (Å²) >= 11 is 1.56. The number of benzene rings is 1. The Morgan fingerprint density at radius 1 is 1.23 bits per heavy atom. The van der Waals surface area contributed by atoms with Crippen molar-refractivity contribution in [3.8, 4) is 0 Å². The first-order valence-electron chi connectivity index (χ1n) is 6.91. The average molecular weight is 343 g/mol. The van der Waals surface area contributed by atoms with Gasteiger partial charge >= 0.3 is 0 Å². The number of aliphatic hydroxyl groups is 1. The van der Waals surface area contributed by atoms with Gasteiger partial charge in [-0.1, -0.05) is 12.1 Å². The van der Waals surface area contributed by atoms with Crippen LogP contribution in [0.2, 0.25) is 0 Å². The SMILES string of the molecule is O=S(=O)(NCC[C@H](CCO)c1ccsc1)c1ccccc1F. The topological polar surface area (TPSA) is 66.4 Å². The molecule has 0 spiro atoms. The lowest BCUT2D eigenvalue weighted by Gasteiger charge is -2.15. The fourth-order valence-corrected chi connectivity index (χ4v) is 4.12. The van der Waals surface area contributed by atoms with Crippen molar-refractivity contribution in [3.63, 3.8) is 0 Å².